The lowest BCUT2D eigenvalue weighted by molar-refractivity contribution is 0.178. The van der Waals surface area contributed by atoms with E-state index in [-0.39, 0.29) is 6.04 Å². The van der Waals surface area contributed by atoms with Crippen LogP contribution in [0.5, 0.6) is 0 Å². The molecule has 2 N–H and O–H groups in total. The molecule has 1 fully saturated rings. The molecule has 1 aromatic rings. The monoisotopic (exact) mass is 318 g/mol. The van der Waals surface area contributed by atoms with E-state index in [4.69, 9.17) is 4.74 Å². The van der Waals surface area contributed by atoms with Gasteiger partial charge in [0.1, 0.15) is 0 Å². The molecule has 0 radical (unpaired) electrons. The van der Waals surface area contributed by atoms with Crippen molar-refractivity contribution in [2.75, 3.05) is 40.4 Å². The number of hydrogen-bond acceptors (Lipinski definition) is 3. The molecule has 0 aliphatic carbocycles. The van der Waals surface area contributed by atoms with Crippen LogP contribution in [-0.2, 0) is 4.74 Å². The second-order valence-electron chi connectivity index (χ2n) is 6.12. The zero-order valence-corrected chi connectivity index (χ0v) is 14.6. The lowest BCUT2D eigenvalue weighted by Gasteiger charge is -2.29. The van der Waals surface area contributed by atoms with E-state index >= 15 is 0 Å². The molecule has 1 aliphatic heterocycles. The molecule has 1 heterocycles. The maximum atomic E-state index is 5.17. The van der Waals surface area contributed by atoms with Crippen molar-refractivity contribution in [1.29, 1.82) is 0 Å². The van der Waals surface area contributed by atoms with Gasteiger partial charge in [0, 0.05) is 26.7 Å². The summed E-state index contributed by atoms with van der Waals surface area (Å²) in [7, 11) is 3.52. The Morgan fingerprint density at radius 1 is 1.26 bits per heavy atom. The highest BCUT2D eigenvalue weighted by Crippen LogP contribution is 2.24. The number of aliphatic imine (C=N–C) groups is 1. The highest BCUT2D eigenvalue weighted by Gasteiger charge is 2.23. The first-order chi connectivity index (χ1) is 11.2. The number of likely N-dealkylation sites (tertiary alicyclic amines) is 1. The summed E-state index contributed by atoms with van der Waals surface area (Å²) >= 11 is 0. The fourth-order valence-corrected chi connectivity index (χ4v) is 3.10. The minimum atomic E-state index is 0.230. The number of hydrogen-bond donors (Lipinski definition) is 2. The molecule has 0 bridgehead atoms. The van der Waals surface area contributed by atoms with Crippen molar-refractivity contribution in [2.24, 2.45) is 4.99 Å². The van der Waals surface area contributed by atoms with Gasteiger partial charge >= 0.3 is 0 Å². The van der Waals surface area contributed by atoms with Crippen LogP contribution in [0.25, 0.3) is 0 Å². The summed E-state index contributed by atoms with van der Waals surface area (Å²) in [5, 5.41) is 6.84. The molecule has 2 atom stereocenters. The number of ether oxygens (including phenoxy) is 1. The van der Waals surface area contributed by atoms with Crippen LogP contribution >= 0.6 is 0 Å². The third-order valence-electron chi connectivity index (χ3n) is 4.25. The number of nitrogens with one attached hydrogen (secondary N) is 2. The van der Waals surface area contributed by atoms with Crippen LogP contribution < -0.4 is 10.6 Å². The lowest BCUT2D eigenvalue weighted by Crippen LogP contribution is -2.46. The Bertz CT molecular complexity index is 471. The second kappa shape index (κ2) is 9.53. The summed E-state index contributed by atoms with van der Waals surface area (Å²) in [5.74, 6) is 0.828. The molecule has 0 aromatic heterocycles. The molecule has 0 amide bonds. The van der Waals surface area contributed by atoms with Gasteiger partial charge in [0.15, 0.2) is 5.96 Å². The van der Waals surface area contributed by atoms with Gasteiger partial charge in [0.05, 0.1) is 12.6 Å². The maximum Gasteiger partial charge on any atom is 0.191 e. The molecule has 128 valence electrons. The molecule has 2 unspecified atom stereocenters. The van der Waals surface area contributed by atoms with Gasteiger partial charge in [-0.1, -0.05) is 30.3 Å². The van der Waals surface area contributed by atoms with Gasteiger partial charge in [-0.15, -0.1) is 0 Å². The highest BCUT2D eigenvalue weighted by atomic mass is 16.5. The zero-order chi connectivity index (χ0) is 16.5. The fraction of sp³-hybridized carbons (Fsp3) is 0.611. The number of nitrogens with zero attached hydrogens (tertiary/aromatic N) is 2. The van der Waals surface area contributed by atoms with Gasteiger partial charge in [-0.05, 0) is 38.4 Å². The van der Waals surface area contributed by atoms with Crippen molar-refractivity contribution in [3.05, 3.63) is 35.9 Å². The van der Waals surface area contributed by atoms with E-state index in [1.807, 2.05) is 7.05 Å². The number of methoxy groups -OCH3 is 1. The minimum absolute atomic E-state index is 0.230. The van der Waals surface area contributed by atoms with Crippen LogP contribution in [0.1, 0.15) is 31.4 Å². The number of benzene rings is 1. The Labute approximate surface area is 140 Å². The smallest absolute Gasteiger partial charge is 0.191 e. The molecular formula is C18H30N4O. The van der Waals surface area contributed by atoms with Gasteiger partial charge in [0.2, 0.25) is 0 Å². The molecule has 1 saturated heterocycles. The van der Waals surface area contributed by atoms with E-state index < -0.39 is 0 Å². The number of rotatable bonds is 7. The van der Waals surface area contributed by atoms with Crippen molar-refractivity contribution in [1.82, 2.24) is 15.5 Å². The lowest BCUT2D eigenvalue weighted by atomic mass is 10.1. The highest BCUT2D eigenvalue weighted by molar-refractivity contribution is 5.80. The average molecular weight is 318 g/mol. The summed E-state index contributed by atoms with van der Waals surface area (Å²) in [6, 6.07) is 11.4. The van der Waals surface area contributed by atoms with Crippen molar-refractivity contribution in [3.63, 3.8) is 0 Å². The van der Waals surface area contributed by atoms with E-state index in [1.165, 1.54) is 31.5 Å². The zero-order valence-electron chi connectivity index (χ0n) is 14.6. The van der Waals surface area contributed by atoms with Gasteiger partial charge in [-0.25, -0.2) is 0 Å². The summed E-state index contributed by atoms with van der Waals surface area (Å²) in [6.07, 6.45) is 2.59. The molecule has 1 aliphatic rings. The van der Waals surface area contributed by atoms with Crippen LogP contribution in [0.4, 0.5) is 0 Å². The minimum Gasteiger partial charge on any atom is -0.383 e. The van der Waals surface area contributed by atoms with Gasteiger partial charge in [-0.3, -0.25) is 9.89 Å². The SMILES string of the molecule is CN=C(NCC(c1ccccc1)N1CCCC1)NC(C)COC. The van der Waals surface area contributed by atoms with Crippen molar-refractivity contribution >= 4 is 5.96 Å². The van der Waals surface area contributed by atoms with Crippen LogP contribution in [0.2, 0.25) is 0 Å². The largest absolute Gasteiger partial charge is 0.383 e. The Kier molecular flexibility index (Phi) is 7.36. The Morgan fingerprint density at radius 2 is 1.96 bits per heavy atom. The molecule has 0 spiro atoms. The molecule has 23 heavy (non-hydrogen) atoms. The van der Waals surface area contributed by atoms with E-state index in [9.17, 15) is 0 Å². The van der Waals surface area contributed by atoms with Crippen molar-refractivity contribution in [3.8, 4) is 0 Å². The van der Waals surface area contributed by atoms with Gasteiger partial charge < -0.3 is 15.4 Å². The van der Waals surface area contributed by atoms with Crippen LogP contribution in [-0.4, -0.2) is 57.3 Å². The first kappa shape index (κ1) is 17.8. The Morgan fingerprint density at radius 3 is 2.57 bits per heavy atom. The third-order valence-corrected chi connectivity index (χ3v) is 4.25. The average Bonchev–Trinajstić information content (AvgIpc) is 3.09. The second-order valence-corrected chi connectivity index (χ2v) is 6.12. The van der Waals surface area contributed by atoms with Crippen molar-refractivity contribution in [2.45, 2.75) is 31.8 Å². The summed E-state index contributed by atoms with van der Waals surface area (Å²) in [6.45, 7) is 5.95. The summed E-state index contributed by atoms with van der Waals surface area (Å²) < 4.78 is 5.17. The fourth-order valence-electron chi connectivity index (χ4n) is 3.10. The molecule has 5 heteroatoms. The van der Waals surface area contributed by atoms with Crippen LogP contribution in [0.15, 0.2) is 35.3 Å². The molecule has 1 aromatic carbocycles. The third kappa shape index (κ3) is 5.52. The van der Waals surface area contributed by atoms with E-state index in [0.29, 0.717) is 12.6 Å². The van der Waals surface area contributed by atoms with Gasteiger partial charge in [-0.2, -0.15) is 0 Å². The molecule has 2 rings (SSSR count). The van der Waals surface area contributed by atoms with Crippen LogP contribution in [0.3, 0.4) is 0 Å². The Balaban J connectivity index is 1.97. The standard InChI is InChI=1S/C18H30N4O/c1-15(14-23-3)21-18(19-2)20-13-17(22-11-7-8-12-22)16-9-5-4-6-10-16/h4-6,9-10,15,17H,7-8,11-14H2,1-3H3,(H2,19,20,21). The van der Waals surface area contributed by atoms with Crippen molar-refractivity contribution < 1.29 is 4.74 Å². The predicted molar refractivity (Wildman–Crippen MR) is 95.8 cm³/mol. The number of guanidine groups is 1. The maximum absolute atomic E-state index is 5.17. The van der Waals surface area contributed by atoms with Crippen LogP contribution in [0, 0.1) is 0 Å². The quantitative estimate of drug-likeness (QED) is 0.596. The van der Waals surface area contributed by atoms with E-state index in [1.54, 1.807) is 7.11 Å². The Hall–Kier alpha value is -1.59. The predicted octanol–water partition coefficient (Wildman–Crippen LogP) is 2.02. The first-order valence-corrected chi connectivity index (χ1v) is 8.49. The molecule has 5 nitrogen and oxygen atoms in total. The van der Waals surface area contributed by atoms with Gasteiger partial charge in [0.25, 0.3) is 0 Å². The molecular weight excluding hydrogens is 288 g/mol. The first-order valence-electron chi connectivity index (χ1n) is 8.49. The molecule has 0 saturated carbocycles. The van der Waals surface area contributed by atoms with E-state index in [2.05, 4.69) is 57.8 Å². The summed E-state index contributed by atoms with van der Waals surface area (Å²) in [4.78, 5) is 6.89. The van der Waals surface area contributed by atoms with E-state index in [0.717, 1.165) is 12.5 Å². The topological polar surface area (TPSA) is 48.9 Å². The summed E-state index contributed by atoms with van der Waals surface area (Å²) in [5.41, 5.74) is 1.36. The normalized spacial score (nSPS) is 18.7.